The molecule has 0 aromatic heterocycles. The lowest BCUT2D eigenvalue weighted by molar-refractivity contribution is 0.220. The predicted molar refractivity (Wildman–Crippen MR) is 72.0 cm³/mol. The summed E-state index contributed by atoms with van der Waals surface area (Å²) >= 11 is 17.9. The summed E-state index contributed by atoms with van der Waals surface area (Å²) in [5.41, 5.74) is 1.16. The molecule has 4 heteroatoms. The lowest BCUT2D eigenvalue weighted by Gasteiger charge is -2.14. The first-order valence-electron chi connectivity index (χ1n) is 4.97. The first kappa shape index (κ1) is 12.7. The standard InChI is InChI=1S/C13H9Cl3O/c14-8-5-6-12(16)10(7-8)13(17)9-3-1-2-4-11(9)15/h1-7,13,17H. The summed E-state index contributed by atoms with van der Waals surface area (Å²) in [7, 11) is 0. The monoisotopic (exact) mass is 286 g/mol. The maximum absolute atomic E-state index is 10.3. The molecule has 0 aliphatic heterocycles. The molecular weight excluding hydrogens is 279 g/mol. The smallest absolute Gasteiger partial charge is 0.107 e. The van der Waals surface area contributed by atoms with Crippen LogP contribution in [-0.2, 0) is 0 Å². The second-order valence-electron chi connectivity index (χ2n) is 3.59. The molecule has 1 nitrogen and oxygen atoms in total. The van der Waals surface area contributed by atoms with Crippen LogP contribution in [0.2, 0.25) is 15.1 Å². The minimum absolute atomic E-state index is 0.460. The number of halogens is 3. The molecule has 2 aromatic rings. The van der Waals surface area contributed by atoms with Crippen LogP contribution < -0.4 is 0 Å². The van der Waals surface area contributed by atoms with E-state index in [1.165, 1.54) is 0 Å². The van der Waals surface area contributed by atoms with E-state index in [1.54, 1.807) is 36.4 Å². The van der Waals surface area contributed by atoms with Crippen molar-refractivity contribution in [3.63, 3.8) is 0 Å². The van der Waals surface area contributed by atoms with E-state index in [-0.39, 0.29) is 0 Å². The molecule has 17 heavy (non-hydrogen) atoms. The Balaban J connectivity index is 2.47. The first-order valence-corrected chi connectivity index (χ1v) is 6.10. The molecule has 1 unspecified atom stereocenters. The van der Waals surface area contributed by atoms with Crippen molar-refractivity contribution in [1.29, 1.82) is 0 Å². The number of hydrogen-bond acceptors (Lipinski definition) is 1. The van der Waals surface area contributed by atoms with E-state index < -0.39 is 6.10 Å². The fourth-order valence-corrected chi connectivity index (χ4v) is 2.23. The van der Waals surface area contributed by atoms with Crippen molar-refractivity contribution in [3.8, 4) is 0 Å². The zero-order chi connectivity index (χ0) is 12.4. The number of hydrogen-bond donors (Lipinski definition) is 1. The van der Waals surface area contributed by atoms with Crippen molar-refractivity contribution in [2.45, 2.75) is 6.10 Å². The van der Waals surface area contributed by atoms with Gasteiger partial charge in [0.25, 0.3) is 0 Å². The zero-order valence-electron chi connectivity index (χ0n) is 8.70. The maximum Gasteiger partial charge on any atom is 0.107 e. The van der Waals surface area contributed by atoms with Gasteiger partial charge in [0, 0.05) is 26.2 Å². The van der Waals surface area contributed by atoms with E-state index in [0.717, 1.165) is 0 Å². The molecule has 0 bridgehead atoms. The highest BCUT2D eigenvalue weighted by molar-refractivity contribution is 6.34. The average Bonchev–Trinajstić information content (AvgIpc) is 2.32. The van der Waals surface area contributed by atoms with Crippen LogP contribution in [0.1, 0.15) is 17.2 Å². The number of benzene rings is 2. The molecule has 0 aliphatic rings. The van der Waals surface area contributed by atoms with Crippen molar-refractivity contribution < 1.29 is 5.11 Å². The van der Waals surface area contributed by atoms with Crippen molar-refractivity contribution in [1.82, 2.24) is 0 Å². The Hall–Kier alpha value is -0.730. The molecule has 0 fully saturated rings. The Kier molecular flexibility index (Phi) is 3.95. The van der Waals surface area contributed by atoms with E-state index in [4.69, 9.17) is 34.8 Å². The molecule has 0 saturated carbocycles. The Morgan fingerprint density at radius 1 is 0.824 bits per heavy atom. The molecule has 2 rings (SSSR count). The molecule has 0 aliphatic carbocycles. The van der Waals surface area contributed by atoms with Crippen molar-refractivity contribution in [3.05, 3.63) is 68.7 Å². The Morgan fingerprint density at radius 3 is 2.18 bits per heavy atom. The molecule has 0 radical (unpaired) electrons. The summed E-state index contributed by atoms with van der Waals surface area (Å²) in [4.78, 5) is 0. The van der Waals surface area contributed by atoms with Gasteiger partial charge in [-0.15, -0.1) is 0 Å². The second kappa shape index (κ2) is 5.28. The van der Waals surface area contributed by atoms with E-state index in [9.17, 15) is 5.11 Å². The van der Waals surface area contributed by atoms with Crippen molar-refractivity contribution >= 4 is 34.8 Å². The van der Waals surface area contributed by atoms with Gasteiger partial charge in [0.05, 0.1) is 0 Å². The minimum atomic E-state index is -0.880. The SMILES string of the molecule is OC(c1ccccc1Cl)c1cc(Cl)ccc1Cl. The number of aliphatic hydroxyl groups is 1. The van der Waals surface area contributed by atoms with Crippen molar-refractivity contribution in [2.24, 2.45) is 0 Å². The molecule has 0 amide bonds. The molecule has 2 aromatic carbocycles. The normalized spacial score (nSPS) is 12.5. The van der Waals surface area contributed by atoms with Crippen LogP contribution in [0.5, 0.6) is 0 Å². The first-order chi connectivity index (χ1) is 8.09. The number of rotatable bonds is 2. The van der Waals surface area contributed by atoms with E-state index in [1.807, 2.05) is 6.07 Å². The van der Waals surface area contributed by atoms with Gasteiger partial charge in [0.15, 0.2) is 0 Å². The predicted octanol–water partition coefficient (Wildman–Crippen LogP) is 4.73. The minimum Gasteiger partial charge on any atom is -0.384 e. The summed E-state index contributed by atoms with van der Waals surface area (Å²) in [5, 5.41) is 11.7. The van der Waals surface area contributed by atoms with Gasteiger partial charge in [-0.2, -0.15) is 0 Å². The second-order valence-corrected chi connectivity index (χ2v) is 4.84. The highest BCUT2D eigenvalue weighted by Crippen LogP contribution is 2.33. The van der Waals surface area contributed by atoms with Crippen LogP contribution in [-0.4, -0.2) is 5.11 Å². The number of aliphatic hydroxyl groups excluding tert-OH is 1. The lowest BCUT2D eigenvalue weighted by atomic mass is 10.0. The molecular formula is C13H9Cl3O. The third kappa shape index (κ3) is 2.75. The summed E-state index contributed by atoms with van der Waals surface area (Å²) in [6, 6.07) is 12.0. The van der Waals surface area contributed by atoms with Crippen LogP contribution in [0.3, 0.4) is 0 Å². The third-order valence-corrected chi connectivity index (χ3v) is 3.38. The Labute approximate surface area is 115 Å². The highest BCUT2D eigenvalue weighted by Gasteiger charge is 2.16. The summed E-state index contributed by atoms with van der Waals surface area (Å²) in [6.07, 6.45) is -0.880. The Morgan fingerprint density at radius 2 is 1.47 bits per heavy atom. The van der Waals surface area contributed by atoms with E-state index in [2.05, 4.69) is 0 Å². The fourth-order valence-electron chi connectivity index (χ4n) is 1.59. The Bertz CT molecular complexity index is 540. The van der Waals surface area contributed by atoms with Gasteiger partial charge in [-0.1, -0.05) is 53.0 Å². The molecule has 0 spiro atoms. The molecule has 0 saturated heterocycles. The topological polar surface area (TPSA) is 20.2 Å². The van der Waals surface area contributed by atoms with Crippen LogP contribution in [0.25, 0.3) is 0 Å². The largest absolute Gasteiger partial charge is 0.384 e. The van der Waals surface area contributed by atoms with Gasteiger partial charge in [-0.05, 0) is 24.3 Å². The van der Waals surface area contributed by atoms with Crippen molar-refractivity contribution in [2.75, 3.05) is 0 Å². The van der Waals surface area contributed by atoms with E-state index in [0.29, 0.717) is 26.2 Å². The van der Waals surface area contributed by atoms with Crippen LogP contribution in [0, 0.1) is 0 Å². The van der Waals surface area contributed by atoms with Gasteiger partial charge in [-0.25, -0.2) is 0 Å². The third-order valence-electron chi connectivity index (χ3n) is 2.45. The maximum atomic E-state index is 10.3. The molecule has 1 N–H and O–H groups in total. The van der Waals surface area contributed by atoms with Gasteiger partial charge in [0.2, 0.25) is 0 Å². The average molecular weight is 288 g/mol. The zero-order valence-corrected chi connectivity index (χ0v) is 11.0. The van der Waals surface area contributed by atoms with Gasteiger partial charge >= 0.3 is 0 Å². The fraction of sp³-hybridized carbons (Fsp3) is 0.0769. The summed E-state index contributed by atoms with van der Waals surface area (Å²) in [5.74, 6) is 0. The summed E-state index contributed by atoms with van der Waals surface area (Å²) in [6.45, 7) is 0. The summed E-state index contributed by atoms with van der Waals surface area (Å²) < 4.78 is 0. The quantitative estimate of drug-likeness (QED) is 0.846. The van der Waals surface area contributed by atoms with Crippen LogP contribution >= 0.6 is 34.8 Å². The van der Waals surface area contributed by atoms with Crippen LogP contribution in [0.4, 0.5) is 0 Å². The van der Waals surface area contributed by atoms with Gasteiger partial charge < -0.3 is 5.11 Å². The van der Waals surface area contributed by atoms with Gasteiger partial charge in [0.1, 0.15) is 6.10 Å². The van der Waals surface area contributed by atoms with E-state index >= 15 is 0 Å². The highest BCUT2D eigenvalue weighted by atomic mass is 35.5. The van der Waals surface area contributed by atoms with Gasteiger partial charge in [-0.3, -0.25) is 0 Å². The molecule has 0 heterocycles. The van der Waals surface area contributed by atoms with Crippen LogP contribution in [0.15, 0.2) is 42.5 Å². The molecule has 88 valence electrons. The lowest BCUT2D eigenvalue weighted by Crippen LogP contribution is -2.01. The molecule has 1 atom stereocenters.